The predicted octanol–water partition coefficient (Wildman–Crippen LogP) is 1.70. The number of furan rings is 1. The van der Waals surface area contributed by atoms with Crippen LogP contribution in [0.1, 0.15) is 11.4 Å². The van der Waals surface area contributed by atoms with Gasteiger partial charge >= 0.3 is 0 Å². The lowest BCUT2D eigenvalue weighted by atomic mass is 10.3. The molecule has 6 heteroatoms. The predicted molar refractivity (Wildman–Crippen MR) is 71.3 cm³/mol. The Labute approximate surface area is 113 Å². The second-order valence-corrected chi connectivity index (χ2v) is 4.77. The van der Waals surface area contributed by atoms with E-state index in [9.17, 15) is 4.79 Å². The molecule has 0 spiro atoms. The molecule has 0 bridgehead atoms. The molecule has 96 valence electrons. The standard InChI is InChI=1S/C12H14BrN3O2/c1-9-15-7-11(13)12(17)16(9)4-3-14-6-10-2-5-18-8-10/h2,5,7-8,14H,3-4,6H2,1H3. The van der Waals surface area contributed by atoms with E-state index in [0.29, 0.717) is 23.4 Å². The van der Waals surface area contributed by atoms with Gasteiger partial charge in [0.2, 0.25) is 0 Å². The summed E-state index contributed by atoms with van der Waals surface area (Å²) >= 11 is 3.19. The van der Waals surface area contributed by atoms with Gasteiger partial charge in [-0.3, -0.25) is 9.36 Å². The minimum Gasteiger partial charge on any atom is -0.472 e. The summed E-state index contributed by atoms with van der Waals surface area (Å²) in [6.07, 6.45) is 4.88. The van der Waals surface area contributed by atoms with Crippen LogP contribution in [0.25, 0.3) is 0 Å². The van der Waals surface area contributed by atoms with Crippen LogP contribution in [0, 0.1) is 6.92 Å². The highest BCUT2D eigenvalue weighted by molar-refractivity contribution is 9.10. The summed E-state index contributed by atoms with van der Waals surface area (Å²) in [5, 5.41) is 3.25. The zero-order valence-electron chi connectivity index (χ0n) is 10.0. The van der Waals surface area contributed by atoms with Crippen molar-refractivity contribution < 1.29 is 4.42 Å². The smallest absolute Gasteiger partial charge is 0.267 e. The van der Waals surface area contributed by atoms with Gasteiger partial charge in [0.15, 0.2) is 0 Å². The fraction of sp³-hybridized carbons (Fsp3) is 0.333. The van der Waals surface area contributed by atoms with E-state index < -0.39 is 0 Å². The molecule has 0 aliphatic heterocycles. The summed E-state index contributed by atoms with van der Waals surface area (Å²) in [6.45, 7) is 3.84. The molecule has 2 rings (SSSR count). The third-order valence-electron chi connectivity index (χ3n) is 2.63. The van der Waals surface area contributed by atoms with Crippen molar-refractivity contribution in [1.82, 2.24) is 14.9 Å². The fourth-order valence-electron chi connectivity index (χ4n) is 1.63. The first-order valence-corrected chi connectivity index (χ1v) is 6.41. The van der Waals surface area contributed by atoms with Gasteiger partial charge in [-0.25, -0.2) is 4.98 Å². The van der Waals surface area contributed by atoms with E-state index in [0.717, 1.165) is 12.1 Å². The summed E-state index contributed by atoms with van der Waals surface area (Å²) in [7, 11) is 0. The Kier molecular flexibility index (Phi) is 4.33. The minimum absolute atomic E-state index is 0.0485. The van der Waals surface area contributed by atoms with Gasteiger partial charge in [-0.1, -0.05) is 0 Å². The monoisotopic (exact) mass is 311 g/mol. The molecule has 0 aromatic carbocycles. The van der Waals surface area contributed by atoms with Crippen LogP contribution in [0.15, 0.2) is 38.5 Å². The van der Waals surface area contributed by atoms with Crippen LogP contribution in [0.4, 0.5) is 0 Å². The van der Waals surface area contributed by atoms with Crippen molar-refractivity contribution >= 4 is 15.9 Å². The molecule has 0 saturated heterocycles. The number of aromatic nitrogens is 2. The molecule has 0 saturated carbocycles. The number of hydrogen-bond acceptors (Lipinski definition) is 4. The van der Waals surface area contributed by atoms with Gasteiger partial charge in [-0.05, 0) is 28.9 Å². The van der Waals surface area contributed by atoms with E-state index in [1.165, 1.54) is 6.20 Å². The fourth-order valence-corrected chi connectivity index (χ4v) is 1.95. The number of rotatable bonds is 5. The summed E-state index contributed by atoms with van der Waals surface area (Å²) < 4.78 is 7.11. The first-order chi connectivity index (χ1) is 8.68. The quantitative estimate of drug-likeness (QED) is 0.854. The lowest BCUT2D eigenvalue weighted by Crippen LogP contribution is -2.29. The van der Waals surface area contributed by atoms with E-state index in [1.807, 2.05) is 13.0 Å². The van der Waals surface area contributed by atoms with Gasteiger partial charge in [-0.15, -0.1) is 0 Å². The third-order valence-corrected chi connectivity index (χ3v) is 3.17. The summed E-state index contributed by atoms with van der Waals surface area (Å²) in [5.41, 5.74) is 1.04. The highest BCUT2D eigenvalue weighted by atomic mass is 79.9. The zero-order valence-corrected chi connectivity index (χ0v) is 11.6. The highest BCUT2D eigenvalue weighted by Gasteiger charge is 2.04. The molecule has 0 fully saturated rings. The van der Waals surface area contributed by atoms with Crippen LogP contribution in [-0.2, 0) is 13.1 Å². The average Bonchev–Trinajstić information content (AvgIpc) is 2.86. The zero-order chi connectivity index (χ0) is 13.0. The Bertz CT molecular complexity index is 563. The highest BCUT2D eigenvalue weighted by Crippen LogP contribution is 2.01. The van der Waals surface area contributed by atoms with Gasteiger partial charge in [0.25, 0.3) is 5.56 Å². The van der Waals surface area contributed by atoms with Crippen molar-refractivity contribution in [2.45, 2.75) is 20.0 Å². The maximum atomic E-state index is 11.8. The topological polar surface area (TPSA) is 60.1 Å². The van der Waals surface area contributed by atoms with E-state index in [2.05, 4.69) is 26.2 Å². The summed E-state index contributed by atoms with van der Waals surface area (Å²) in [5.74, 6) is 0.716. The molecule has 0 amide bonds. The molecule has 0 aliphatic rings. The Morgan fingerprint density at radius 2 is 2.39 bits per heavy atom. The van der Waals surface area contributed by atoms with Crippen LogP contribution in [0.2, 0.25) is 0 Å². The second-order valence-electron chi connectivity index (χ2n) is 3.92. The van der Waals surface area contributed by atoms with Crippen molar-refractivity contribution in [3.63, 3.8) is 0 Å². The van der Waals surface area contributed by atoms with Crippen molar-refractivity contribution in [3.8, 4) is 0 Å². The first kappa shape index (κ1) is 13.0. The van der Waals surface area contributed by atoms with Crippen LogP contribution in [0.5, 0.6) is 0 Å². The third kappa shape index (κ3) is 3.08. The molecule has 0 unspecified atom stereocenters. The largest absolute Gasteiger partial charge is 0.472 e. The Morgan fingerprint density at radius 3 is 3.11 bits per heavy atom. The molecule has 0 atom stereocenters. The average molecular weight is 312 g/mol. The van der Waals surface area contributed by atoms with E-state index in [1.54, 1.807) is 17.1 Å². The molecule has 18 heavy (non-hydrogen) atoms. The van der Waals surface area contributed by atoms with Crippen LogP contribution < -0.4 is 10.9 Å². The maximum Gasteiger partial charge on any atom is 0.267 e. The van der Waals surface area contributed by atoms with Gasteiger partial charge in [-0.2, -0.15) is 0 Å². The number of nitrogens with zero attached hydrogens (tertiary/aromatic N) is 2. The lowest BCUT2D eigenvalue weighted by molar-refractivity contribution is 0.547. The molecule has 2 aromatic heterocycles. The molecular weight excluding hydrogens is 298 g/mol. The van der Waals surface area contributed by atoms with E-state index in [4.69, 9.17) is 4.42 Å². The maximum absolute atomic E-state index is 11.8. The number of hydrogen-bond donors (Lipinski definition) is 1. The van der Waals surface area contributed by atoms with Crippen LogP contribution in [-0.4, -0.2) is 16.1 Å². The number of halogens is 1. The Morgan fingerprint density at radius 1 is 1.56 bits per heavy atom. The van der Waals surface area contributed by atoms with E-state index >= 15 is 0 Å². The molecule has 2 aromatic rings. The first-order valence-electron chi connectivity index (χ1n) is 5.62. The number of aryl methyl sites for hydroxylation is 1. The van der Waals surface area contributed by atoms with Crippen molar-refractivity contribution in [1.29, 1.82) is 0 Å². The minimum atomic E-state index is -0.0485. The molecule has 1 N–H and O–H groups in total. The molecule has 2 heterocycles. The molecule has 0 radical (unpaired) electrons. The van der Waals surface area contributed by atoms with E-state index in [-0.39, 0.29) is 5.56 Å². The SMILES string of the molecule is Cc1ncc(Br)c(=O)n1CCNCc1ccoc1. The van der Waals surface area contributed by atoms with Crippen molar-refractivity contribution in [2.75, 3.05) is 6.54 Å². The van der Waals surface area contributed by atoms with Crippen LogP contribution >= 0.6 is 15.9 Å². The van der Waals surface area contributed by atoms with Gasteiger partial charge in [0.05, 0.1) is 12.5 Å². The number of nitrogens with one attached hydrogen (secondary N) is 1. The van der Waals surface area contributed by atoms with Crippen LogP contribution in [0.3, 0.4) is 0 Å². The van der Waals surface area contributed by atoms with Gasteiger partial charge in [0.1, 0.15) is 10.3 Å². The molecular formula is C12H14BrN3O2. The Hall–Kier alpha value is -1.40. The summed E-state index contributed by atoms with van der Waals surface area (Å²) in [4.78, 5) is 16.0. The molecule has 0 aliphatic carbocycles. The lowest BCUT2D eigenvalue weighted by Gasteiger charge is -2.09. The normalized spacial score (nSPS) is 10.8. The molecule has 5 nitrogen and oxygen atoms in total. The second kappa shape index (κ2) is 5.97. The van der Waals surface area contributed by atoms with Gasteiger partial charge in [0, 0.05) is 31.4 Å². The van der Waals surface area contributed by atoms with Crippen molar-refractivity contribution in [3.05, 3.63) is 51.0 Å². The van der Waals surface area contributed by atoms with Gasteiger partial charge < -0.3 is 9.73 Å². The Balaban J connectivity index is 1.91. The summed E-state index contributed by atoms with van der Waals surface area (Å²) in [6, 6.07) is 1.91. The van der Waals surface area contributed by atoms with Crippen molar-refractivity contribution in [2.24, 2.45) is 0 Å².